The van der Waals surface area contributed by atoms with Crippen LogP contribution in [0.15, 0.2) is 18.2 Å². The van der Waals surface area contributed by atoms with Crippen molar-refractivity contribution >= 4 is 29.9 Å². The van der Waals surface area contributed by atoms with Crippen molar-refractivity contribution in [3.8, 4) is 5.75 Å². The summed E-state index contributed by atoms with van der Waals surface area (Å²) in [5.74, 6) is 0.643. The third-order valence-corrected chi connectivity index (χ3v) is 5.52. The first-order valence-corrected chi connectivity index (χ1v) is 8.79. The number of aryl methyl sites for hydroxylation is 1. The number of carbonyl (C=O) groups is 1. The van der Waals surface area contributed by atoms with Gasteiger partial charge in [0.05, 0.1) is 5.02 Å². The zero-order valence-corrected chi connectivity index (χ0v) is 15.9. The van der Waals surface area contributed by atoms with Crippen LogP contribution in [0.1, 0.15) is 31.7 Å². The molecule has 0 aliphatic carbocycles. The summed E-state index contributed by atoms with van der Waals surface area (Å²) >= 11 is 6.16. The summed E-state index contributed by atoms with van der Waals surface area (Å²) < 4.78 is 5.82. The molecule has 2 aliphatic heterocycles. The molecular formula is C18H26Cl2N2O2. The van der Waals surface area contributed by atoms with E-state index in [0.29, 0.717) is 16.2 Å². The fourth-order valence-electron chi connectivity index (χ4n) is 3.62. The molecule has 1 aromatic carbocycles. The van der Waals surface area contributed by atoms with Gasteiger partial charge in [0.15, 0.2) is 6.10 Å². The molecule has 2 heterocycles. The van der Waals surface area contributed by atoms with Gasteiger partial charge in [0, 0.05) is 19.6 Å². The van der Waals surface area contributed by atoms with E-state index in [4.69, 9.17) is 16.3 Å². The largest absolute Gasteiger partial charge is 0.479 e. The molecule has 2 aliphatic rings. The average molecular weight is 373 g/mol. The molecule has 24 heavy (non-hydrogen) atoms. The fraction of sp³-hybridized carbons (Fsp3) is 0.611. The molecule has 0 radical (unpaired) electrons. The second-order valence-corrected chi connectivity index (χ2v) is 7.35. The van der Waals surface area contributed by atoms with Crippen LogP contribution in [0.5, 0.6) is 5.75 Å². The highest BCUT2D eigenvalue weighted by Gasteiger charge is 2.38. The van der Waals surface area contributed by atoms with Gasteiger partial charge in [-0.25, -0.2) is 0 Å². The average Bonchev–Trinajstić information content (AvgIpc) is 2.99. The van der Waals surface area contributed by atoms with Crippen molar-refractivity contribution in [2.45, 2.75) is 39.2 Å². The van der Waals surface area contributed by atoms with E-state index in [1.54, 1.807) is 6.07 Å². The van der Waals surface area contributed by atoms with Crippen molar-refractivity contribution in [3.05, 3.63) is 28.8 Å². The van der Waals surface area contributed by atoms with Crippen LogP contribution < -0.4 is 10.1 Å². The van der Waals surface area contributed by atoms with Crippen LogP contribution in [0.25, 0.3) is 0 Å². The highest BCUT2D eigenvalue weighted by atomic mass is 35.5. The van der Waals surface area contributed by atoms with Crippen molar-refractivity contribution in [3.63, 3.8) is 0 Å². The Hall–Kier alpha value is -0.970. The van der Waals surface area contributed by atoms with Crippen molar-refractivity contribution in [2.75, 3.05) is 26.2 Å². The molecule has 1 atom stereocenters. The van der Waals surface area contributed by atoms with Crippen LogP contribution in [0.2, 0.25) is 5.02 Å². The standard InChI is InChI=1S/C18H25ClN2O2.ClH/c1-13-3-4-15(19)16(11-13)23-14(2)17(22)21-9-6-18(7-10-21)5-8-20-12-18;/h3-4,11,14,20H,5-10,12H2,1-2H3;1H. The van der Waals surface area contributed by atoms with E-state index < -0.39 is 6.10 Å². The quantitative estimate of drug-likeness (QED) is 0.883. The van der Waals surface area contributed by atoms with Crippen LogP contribution in [0, 0.1) is 12.3 Å². The molecule has 0 saturated carbocycles. The van der Waals surface area contributed by atoms with Crippen molar-refractivity contribution in [1.29, 1.82) is 0 Å². The Morgan fingerprint density at radius 1 is 1.33 bits per heavy atom. The second kappa shape index (κ2) is 7.94. The Morgan fingerprint density at radius 2 is 2.04 bits per heavy atom. The maximum Gasteiger partial charge on any atom is 0.263 e. The van der Waals surface area contributed by atoms with Gasteiger partial charge >= 0.3 is 0 Å². The monoisotopic (exact) mass is 372 g/mol. The van der Waals surface area contributed by atoms with Crippen LogP contribution in [-0.4, -0.2) is 43.1 Å². The van der Waals surface area contributed by atoms with E-state index in [2.05, 4.69) is 5.32 Å². The number of piperidine rings is 1. The van der Waals surface area contributed by atoms with E-state index in [1.165, 1.54) is 6.42 Å². The summed E-state index contributed by atoms with van der Waals surface area (Å²) in [5.41, 5.74) is 1.48. The summed E-state index contributed by atoms with van der Waals surface area (Å²) in [6, 6.07) is 5.62. The molecule has 2 saturated heterocycles. The molecule has 134 valence electrons. The number of hydrogen-bond acceptors (Lipinski definition) is 3. The number of nitrogens with one attached hydrogen (secondary N) is 1. The summed E-state index contributed by atoms with van der Waals surface area (Å²) in [6.45, 7) is 7.66. The fourth-order valence-corrected chi connectivity index (χ4v) is 3.78. The number of nitrogens with zero attached hydrogens (tertiary/aromatic N) is 1. The Balaban J connectivity index is 0.00000208. The highest BCUT2D eigenvalue weighted by Crippen LogP contribution is 2.37. The van der Waals surface area contributed by atoms with Crippen molar-refractivity contribution in [1.82, 2.24) is 10.2 Å². The van der Waals surface area contributed by atoms with Crippen LogP contribution >= 0.6 is 24.0 Å². The van der Waals surface area contributed by atoms with Crippen LogP contribution in [0.3, 0.4) is 0 Å². The van der Waals surface area contributed by atoms with Gasteiger partial charge in [-0.2, -0.15) is 0 Å². The number of hydrogen-bond donors (Lipinski definition) is 1. The number of halogens is 2. The van der Waals surface area contributed by atoms with Gasteiger partial charge in [0.25, 0.3) is 5.91 Å². The SMILES string of the molecule is Cc1ccc(Cl)c(OC(C)C(=O)N2CCC3(CCNC3)CC2)c1.Cl. The van der Waals surface area contributed by atoms with Gasteiger partial charge in [-0.15, -0.1) is 12.4 Å². The molecule has 0 bridgehead atoms. The molecule has 1 N–H and O–H groups in total. The summed E-state index contributed by atoms with van der Waals surface area (Å²) in [7, 11) is 0. The lowest BCUT2D eigenvalue weighted by atomic mass is 9.78. The number of amides is 1. The number of ether oxygens (including phenoxy) is 1. The second-order valence-electron chi connectivity index (χ2n) is 6.95. The molecule has 4 nitrogen and oxygen atoms in total. The normalized spacial score (nSPS) is 20.5. The molecular weight excluding hydrogens is 347 g/mol. The minimum absolute atomic E-state index is 0. The van der Waals surface area contributed by atoms with E-state index in [0.717, 1.165) is 44.6 Å². The molecule has 1 aromatic rings. The number of benzene rings is 1. The molecule has 1 amide bonds. The van der Waals surface area contributed by atoms with Gasteiger partial charge in [0.1, 0.15) is 5.75 Å². The lowest BCUT2D eigenvalue weighted by Crippen LogP contribution is -2.48. The summed E-state index contributed by atoms with van der Waals surface area (Å²) in [6.07, 6.45) is 2.90. The summed E-state index contributed by atoms with van der Waals surface area (Å²) in [4.78, 5) is 14.6. The lowest BCUT2D eigenvalue weighted by Gasteiger charge is -2.39. The lowest BCUT2D eigenvalue weighted by molar-refractivity contribution is -0.140. The Kier molecular flexibility index (Phi) is 6.40. The predicted molar refractivity (Wildman–Crippen MR) is 99.3 cm³/mol. The number of carbonyl (C=O) groups excluding carboxylic acids is 1. The smallest absolute Gasteiger partial charge is 0.263 e. The van der Waals surface area contributed by atoms with E-state index in [9.17, 15) is 4.79 Å². The topological polar surface area (TPSA) is 41.6 Å². The van der Waals surface area contributed by atoms with E-state index in [-0.39, 0.29) is 18.3 Å². The first-order chi connectivity index (χ1) is 11.0. The first kappa shape index (κ1) is 19.4. The van der Waals surface area contributed by atoms with Gasteiger partial charge in [-0.1, -0.05) is 17.7 Å². The molecule has 1 unspecified atom stereocenters. The highest BCUT2D eigenvalue weighted by molar-refractivity contribution is 6.32. The first-order valence-electron chi connectivity index (χ1n) is 8.41. The zero-order valence-electron chi connectivity index (χ0n) is 14.3. The number of likely N-dealkylation sites (tertiary alicyclic amines) is 1. The van der Waals surface area contributed by atoms with Gasteiger partial charge in [-0.3, -0.25) is 4.79 Å². The molecule has 1 spiro atoms. The van der Waals surface area contributed by atoms with E-state index in [1.807, 2.05) is 30.9 Å². The van der Waals surface area contributed by atoms with Crippen molar-refractivity contribution in [2.24, 2.45) is 5.41 Å². The van der Waals surface area contributed by atoms with Gasteiger partial charge in [0.2, 0.25) is 0 Å². The minimum atomic E-state index is -0.509. The minimum Gasteiger partial charge on any atom is -0.479 e. The third kappa shape index (κ3) is 4.16. The molecule has 2 fully saturated rings. The third-order valence-electron chi connectivity index (χ3n) is 5.21. The molecule has 3 rings (SSSR count). The van der Waals surface area contributed by atoms with Gasteiger partial charge < -0.3 is 15.0 Å². The van der Waals surface area contributed by atoms with E-state index >= 15 is 0 Å². The summed E-state index contributed by atoms with van der Waals surface area (Å²) in [5, 5.41) is 4.00. The zero-order chi connectivity index (χ0) is 16.4. The van der Waals surface area contributed by atoms with Crippen molar-refractivity contribution < 1.29 is 9.53 Å². The maximum atomic E-state index is 12.6. The Bertz CT molecular complexity index is 578. The van der Waals surface area contributed by atoms with Crippen LogP contribution in [0.4, 0.5) is 0 Å². The van der Waals surface area contributed by atoms with Gasteiger partial charge in [-0.05, 0) is 62.8 Å². The predicted octanol–water partition coefficient (Wildman–Crippen LogP) is 3.44. The Morgan fingerprint density at radius 3 is 2.67 bits per heavy atom. The number of rotatable bonds is 3. The maximum absolute atomic E-state index is 12.6. The molecule has 0 aromatic heterocycles. The molecule has 6 heteroatoms. The Labute approximate surface area is 155 Å². The van der Waals surface area contributed by atoms with Crippen LogP contribution in [-0.2, 0) is 4.79 Å².